The number of nitrogens with zero attached hydrogens (tertiary/aromatic N) is 2. The Kier molecular flexibility index (Phi) is 4.38. The third-order valence-electron chi connectivity index (χ3n) is 4.49. The third-order valence-corrected chi connectivity index (χ3v) is 4.49. The quantitative estimate of drug-likeness (QED) is 0.635. The number of aryl methyl sites for hydroxylation is 1. The van der Waals surface area contributed by atoms with Gasteiger partial charge in [0.25, 0.3) is 0 Å². The summed E-state index contributed by atoms with van der Waals surface area (Å²) in [6, 6.07) is 8.30. The number of halogens is 1. The molecule has 0 saturated heterocycles. The summed E-state index contributed by atoms with van der Waals surface area (Å²) in [5, 5.41) is 9.44. The number of anilines is 1. The summed E-state index contributed by atoms with van der Waals surface area (Å²) in [6.45, 7) is 0.546. The van der Waals surface area contributed by atoms with Gasteiger partial charge in [0.15, 0.2) is 11.6 Å². The highest BCUT2D eigenvalue weighted by molar-refractivity contribution is 5.75. The number of pyridine rings is 1. The lowest BCUT2D eigenvalue weighted by atomic mass is 10.0. The molecule has 0 unspecified atom stereocenters. The first-order valence-corrected chi connectivity index (χ1v) is 8.56. The van der Waals surface area contributed by atoms with E-state index in [9.17, 15) is 9.65 Å². The minimum Gasteiger partial charge on any atom is -0.493 e. The number of nitrogens with two attached hydrogens (primary N) is 1. The molecule has 3 heterocycles. The zero-order valence-electron chi connectivity index (χ0n) is 14.5. The van der Waals surface area contributed by atoms with Gasteiger partial charge < -0.3 is 20.2 Å². The number of rotatable bonds is 0. The second-order valence-corrected chi connectivity index (χ2v) is 6.27. The van der Waals surface area contributed by atoms with Gasteiger partial charge in [-0.3, -0.25) is 0 Å². The minimum absolute atomic E-state index is 0.0908. The van der Waals surface area contributed by atoms with Crippen molar-refractivity contribution in [3.05, 3.63) is 59.3 Å². The van der Waals surface area contributed by atoms with Crippen molar-refractivity contribution in [1.29, 1.82) is 5.26 Å². The molecule has 1 aliphatic rings. The number of benzene rings is 1. The maximum absolute atomic E-state index is 13.7. The summed E-state index contributed by atoms with van der Waals surface area (Å²) in [4.78, 5) is 7.37. The predicted octanol–water partition coefficient (Wildman–Crippen LogP) is 3.57. The molecule has 0 aliphatic carbocycles. The van der Waals surface area contributed by atoms with Crippen molar-refractivity contribution in [2.75, 3.05) is 12.3 Å². The Balaban J connectivity index is 1.79. The van der Waals surface area contributed by atoms with E-state index in [0.29, 0.717) is 35.7 Å². The van der Waals surface area contributed by atoms with Crippen LogP contribution in [0.2, 0.25) is 0 Å². The summed E-state index contributed by atoms with van der Waals surface area (Å²) in [5.41, 5.74) is 9.52. The summed E-state index contributed by atoms with van der Waals surface area (Å²) in [6.07, 6.45) is 4.73. The van der Waals surface area contributed by atoms with Gasteiger partial charge in [-0.05, 0) is 37.1 Å². The van der Waals surface area contributed by atoms with Crippen LogP contribution in [0.15, 0.2) is 36.7 Å². The van der Waals surface area contributed by atoms with Crippen LogP contribution in [-0.2, 0) is 13.0 Å². The molecule has 7 heteroatoms. The van der Waals surface area contributed by atoms with Crippen LogP contribution in [0.5, 0.6) is 11.5 Å². The van der Waals surface area contributed by atoms with E-state index in [-0.39, 0.29) is 18.2 Å². The van der Waals surface area contributed by atoms with Gasteiger partial charge in [0.2, 0.25) is 0 Å². The Morgan fingerprint density at radius 1 is 1.22 bits per heavy atom. The van der Waals surface area contributed by atoms with Crippen LogP contribution < -0.4 is 15.2 Å². The fourth-order valence-corrected chi connectivity index (χ4v) is 3.18. The number of fused-ring (bicyclic) bond motifs is 5. The van der Waals surface area contributed by atoms with Gasteiger partial charge in [-0.25, -0.2) is 9.37 Å². The average molecular weight is 364 g/mol. The number of nitrogen functional groups attached to an aromatic ring is 1. The van der Waals surface area contributed by atoms with Crippen molar-refractivity contribution < 1.29 is 13.9 Å². The number of hydrogen-bond acceptors (Lipinski definition) is 5. The molecule has 1 aliphatic heterocycles. The molecule has 3 N–H and O–H groups in total. The molecule has 136 valence electrons. The van der Waals surface area contributed by atoms with Gasteiger partial charge in [0.1, 0.15) is 24.2 Å². The van der Waals surface area contributed by atoms with Crippen molar-refractivity contribution in [3.63, 3.8) is 0 Å². The van der Waals surface area contributed by atoms with E-state index in [1.54, 1.807) is 24.5 Å². The fraction of sp³-hybridized carbons (Fsp3) is 0.200. The van der Waals surface area contributed by atoms with Gasteiger partial charge in [-0.2, -0.15) is 5.26 Å². The summed E-state index contributed by atoms with van der Waals surface area (Å²) in [7, 11) is 0. The Bertz CT molecular complexity index is 1040. The molecule has 2 aromatic heterocycles. The SMILES string of the molecule is N#Cc1c[nH]c2c1-c1cnc(N)c(c1)OCc1cc(F)ccc1OCCC2. The molecule has 0 fully saturated rings. The smallest absolute Gasteiger partial charge is 0.166 e. The molecule has 27 heavy (non-hydrogen) atoms. The maximum atomic E-state index is 13.7. The van der Waals surface area contributed by atoms with Crippen molar-refractivity contribution in [3.8, 4) is 28.7 Å². The molecule has 0 spiro atoms. The monoisotopic (exact) mass is 364 g/mol. The molecule has 4 rings (SSSR count). The standard InChI is InChI=1S/C20H17FN4O2/c21-15-3-4-17-13(6-15)11-27-18-7-12(9-25-20(18)23)19-14(8-22)10-24-16(19)2-1-5-26-17/h3-4,6-7,9-10,24H,1-2,5,11H2,(H2,23,25). The molecular formula is C20H17FN4O2. The van der Waals surface area contributed by atoms with Crippen molar-refractivity contribution in [1.82, 2.24) is 9.97 Å². The molecule has 2 bridgehead atoms. The van der Waals surface area contributed by atoms with Gasteiger partial charge in [-0.15, -0.1) is 0 Å². The van der Waals surface area contributed by atoms with Crippen LogP contribution in [0.1, 0.15) is 23.2 Å². The number of aromatic nitrogens is 2. The van der Waals surface area contributed by atoms with Gasteiger partial charge in [0, 0.05) is 34.8 Å². The maximum Gasteiger partial charge on any atom is 0.166 e. The van der Waals surface area contributed by atoms with E-state index in [1.807, 2.05) is 0 Å². The Morgan fingerprint density at radius 3 is 2.96 bits per heavy atom. The number of aromatic amines is 1. The van der Waals surface area contributed by atoms with E-state index in [0.717, 1.165) is 23.2 Å². The predicted molar refractivity (Wildman–Crippen MR) is 97.7 cm³/mol. The Hall–Kier alpha value is -3.53. The summed E-state index contributed by atoms with van der Waals surface area (Å²) >= 11 is 0. The van der Waals surface area contributed by atoms with Crippen LogP contribution in [-0.4, -0.2) is 16.6 Å². The lowest BCUT2D eigenvalue weighted by molar-refractivity contribution is 0.276. The first-order chi connectivity index (χ1) is 13.2. The number of nitrogens with one attached hydrogen (secondary N) is 1. The number of ether oxygens (including phenoxy) is 2. The average Bonchev–Trinajstić information content (AvgIpc) is 3.08. The highest BCUT2D eigenvalue weighted by atomic mass is 19.1. The third kappa shape index (κ3) is 3.29. The highest BCUT2D eigenvalue weighted by Crippen LogP contribution is 2.33. The number of hydrogen-bond donors (Lipinski definition) is 2. The van der Waals surface area contributed by atoms with E-state index < -0.39 is 0 Å². The fourth-order valence-electron chi connectivity index (χ4n) is 3.18. The molecule has 0 saturated carbocycles. The molecule has 6 nitrogen and oxygen atoms in total. The lowest BCUT2D eigenvalue weighted by Gasteiger charge is -2.13. The van der Waals surface area contributed by atoms with Crippen molar-refractivity contribution in [2.24, 2.45) is 0 Å². The zero-order valence-corrected chi connectivity index (χ0v) is 14.5. The molecular weight excluding hydrogens is 347 g/mol. The second-order valence-electron chi connectivity index (χ2n) is 6.27. The Labute approximate surface area is 155 Å². The van der Waals surface area contributed by atoms with Crippen LogP contribution in [0, 0.1) is 17.1 Å². The van der Waals surface area contributed by atoms with E-state index in [1.165, 1.54) is 12.1 Å². The van der Waals surface area contributed by atoms with Crippen LogP contribution >= 0.6 is 0 Å². The largest absolute Gasteiger partial charge is 0.493 e. The molecule has 1 aromatic carbocycles. The van der Waals surface area contributed by atoms with Gasteiger partial charge in [0.05, 0.1) is 12.2 Å². The van der Waals surface area contributed by atoms with Crippen molar-refractivity contribution >= 4 is 5.82 Å². The van der Waals surface area contributed by atoms with Crippen LogP contribution in [0.4, 0.5) is 10.2 Å². The number of H-pyrrole nitrogens is 1. The normalized spacial score (nSPS) is 13.5. The highest BCUT2D eigenvalue weighted by Gasteiger charge is 2.17. The Morgan fingerprint density at radius 2 is 2.11 bits per heavy atom. The van der Waals surface area contributed by atoms with E-state index >= 15 is 0 Å². The second kappa shape index (κ2) is 7.00. The number of nitriles is 1. The minimum atomic E-state index is -0.362. The van der Waals surface area contributed by atoms with Gasteiger partial charge >= 0.3 is 0 Å². The molecule has 3 aromatic rings. The van der Waals surface area contributed by atoms with Crippen LogP contribution in [0.25, 0.3) is 11.1 Å². The lowest BCUT2D eigenvalue weighted by Crippen LogP contribution is -2.05. The van der Waals surface area contributed by atoms with E-state index in [4.69, 9.17) is 15.2 Å². The first kappa shape index (κ1) is 16.9. The van der Waals surface area contributed by atoms with E-state index in [2.05, 4.69) is 16.0 Å². The van der Waals surface area contributed by atoms with Crippen LogP contribution in [0.3, 0.4) is 0 Å². The van der Waals surface area contributed by atoms with Crippen molar-refractivity contribution in [2.45, 2.75) is 19.4 Å². The summed E-state index contributed by atoms with van der Waals surface area (Å²) < 4.78 is 25.3. The topological polar surface area (TPSA) is 97.0 Å². The molecule has 0 radical (unpaired) electrons. The molecule has 0 amide bonds. The first-order valence-electron chi connectivity index (χ1n) is 8.56. The molecule has 0 atom stereocenters. The zero-order chi connectivity index (χ0) is 18.8. The van der Waals surface area contributed by atoms with Gasteiger partial charge in [-0.1, -0.05) is 0 Å². The summed E-state index contributed by atoms with van der Waals surface area (Å²) in [5.74, 6) is 0.808.